The minimum absolute atomic E-state index is 0.606. The third kappa shape index (κ3) is 4.22. The first-order valence-electron chi connectivity index (χ1n) is 6.77. The highest BCUT2D eigenvalue weighted by molar-refractivity contribution is 6.41. The van der Waals surface area contributed by atoms with Gasteiger partial charge in [0, 0.05) is 11.8 Å². The van der Waals surface area contributed by atoms with Crippen molar-refractivity contribution in [1.29, 1.82) is 0 Å². The van der Waals surface area contributed by atoms with Crippen LogP contribution >= 0.6 is 23.2 Å². The number of aromatic amines is 1. The molecule has 112 valence electrons. The lowest BCUT2D eigenvalue weighted by Gasteiger charge is -1.99. The molecule has 2 aromatic heterocycles. The van der Waals surface area contributed by atoms with Gasteiger partial charge in [0.15, 0.2) is 5.65 Å². The van der Waals surface area contributed by atoms with Crippen molar-refractivity contribution in [2.75, 3.05) is 0 Å². The number of nitrogens with zero attached hydrogens (tertiary/aromatic N) is 3. The van der Waals surface area contributed by atoms with E-state index in [4.69, 9.17) is 23.2 Å². The van der Waals surface area contributed by atoms with Crippen molar-refractivity contribution in [2.24, 2.45) is 5.92 Å². The molecule has 21 heavy (non-hydrogen) atoms. The van der Waals surface area contributed by atoms with Gasteiger partial charge in [-0.05, 0) is 31.4 Å². The summed E-state index contributed by atoms with van der Waals surface area (Å²) in [6, 6.07) is 9.25. The maximum absolute atomic E-state index is 5.58. The van der Waals surface area contributed by atoms with Crippen LogP contribution in [0, 0.1) is 12.8 Å². The second-order valence-corrected chi connectivity index (χ2v) is 6.05. The molecule has 0 unspecified atom stereocenters. The lowest BCUT2D eigenvalue weighted by molar-refractivity contribution is 0.629. The number of fused-ring (bicyclic) bond motifs is 1. The Balaban J connectivity index is 0.000000173. The van der Waals surface area contributed by atoms with E-state index in [1.807, 2.05) is 23.6 Å². The Morgan fingerprint density at radius 1 is 1.14 bits per heavy atom. The second-order valence-electron chi connectivity index (χ2n) is 5.23. The number of nitrogens with one attached hydrogen (secondary N) is 1. The molecule has 0 aliphatic carbocycles. The molecule has 0 fully saturated rings. The van der Waals surface area contributed by atoms with Crippen LogP contribution in [0.3, 0.4) is 0 Å². The van der Waals surface area contributed by atoms with Gasteiger partial charge in [0.2, 0.25) is 0 Å². The van der Waals surface area contributed by atoms with E-state index in [-0.39, 0.29) is 0 Å². The Morgan fingerprint density at radius 3 is 2.24 bits per heavy atom. The molecule has 2 heterocycles. The first kappa shape index (κ1) is 15.9. The molecule has 0 radical (unpaired) electrons. The molecular formula is C15H18Cl2N4. The summed E-state index contributed by atoms with van der Waals surface area (Å²) in [6.45, 7) is 6.35. The topological polar surface area (TPSA) is 46.0 Å². The SMILES string of the molecule is Cc1nnc2cc(CC(C)C)[nH]n12.Clc1ccccc1Cl. The number of H-pyrrole nitrogens is 1. The zero-order valence-corrected chi connectivity index (χ0v) is 13.8. The van der Waals surface area contributed by atoms with E-state index in [1.54, 1.807) is 12.1 Å². The molecule has 6 heteroatoms. The van der Waals surface area contributed by atoms with Gasteiger partial charge < -0.3 is 0 Å². The first-order valence-corrected chi connectivity index (χ1v) is 7.52. The largest absolute Gasteiger partial charge is 0.295 e. The van der Waals surface area contributed by atoms with Crippen LogP contribution in [0.25, 0.3) is 5.65 Å². The smallest absolute Gasteiger partial charge is 0.177 e. The Morgan fingerprint density at radius 2 is 1.76 bits per heavy atom. The van der Waals surface area contributed by atoms with Crippen molar-refractivity contribution in [3.8, 4) is 0 Å². The van der Waals surface area contributed by atoms with Crippen LogP contribution < -0.4 is 0 Å². The summed E-state index contributed by atoms with van der Waals surface area (Å²) in [7, 11) is 0. The van der Waals surface area contributed by atoms with E-state index < -0.39 is 0 Å². The normalized spacial score (nSPS) is 10.8. The average molecular weight is 325 g/mol. The van der Waals surface area contributed by atoms with Gasteiger partial charge in [-0.2, -0.15) is 0 Å². The predicted octanol–water partition coefficient (Wildman–Crippen LogP) is 4.56. The number of hydrogen-bond acceptors (Lipinski definition) is 2. The minimum atomic E-state index is 0.606. The van der Waals surface area contributed by atoms with Crippen molar-refractivity contribution in [3.63, 3.8) is 0 Å². The zero-order valence-electron chi connectivity index (χ0n) is 12.3. The van der Waals surface area contributed by atoms with Gasteiger partial charge in [0.1, 0.15) is 5.82 Å². The van der Waals surface area contributed by atoms with Gasteiger partial charge in [0.25, 0.3) is 0 Å². The van der Waals surface area contributed by atoms with Crippen LogP contribution in [-0.2, 0) is 6.42 Å². The summed E-state index contributed by atoms with van der Waals surface area (Å²) in [5, 5.41) is 12.5. The summed E-state index contributed by atoms with van der Waals surface area (Å²) in [4.78, 5) is 0. The zero-order chi connectivity index (χ0) is 15.4. The van der Waals surface area contributed by atoms with E-state index in [2.05, 4.69) is 35.2 Å². The third-order valence-corrected chi connectivity index (χ3v) is 3.62. The number of rotatable bonds is 2. The molecule has 0 aliphatic heterocycles. The molecule has 1 aromatic carbocycles. The fourth-order valence-corrected chi connectivity index (χ4v) is 2.20. The fraction of sp³-hybridized carbons (Fsp3) is 0.333. The monoisotopic (exact) mass is 324 g/mol. The fourth-order valence-electron chi connectivity index (χ4n) is 1.93. The minimum Gasteiger partial charge on any atom is -0.295 e. The van der Waals surface area contributed by atoms with Gasteiger partial charge in [-0.15, -0.1) is 10.2 Å². The number of hydrogen-bond donors (Lipinski definition) is 1. The molecule has 0 saturated heterocycles. The molecule has 0 bridgehead atoms. The molecule has 0 spiro atoms. The van der Waals surface area contributed by atoms with Crippen LogP contribution in [0.4, 0.5) is 0 Å². The third-order valence-electron chi connectivity index (χ3n) is 2.86. The number of halogens is 2. The van der Waals surface area contributed by atoms with E-state index in [0.717, 1.165) is 17.9 Å². The summed E-state index contributed by atoms with van der Waals surface area (Å²) in [5.74, 6) is 1.57. The van der Waals surface area contributed by atoms with Crippen LogP contribution in [0.15, 0.2) is 30.3 Å². The quantitative estimate of drug-likeness (QED) is 0.751. The van der Waals surface area contributed by atoms with Crippen LogP contribution in [0.2, 0.25) is 10.0 Å². The predicted molar refractivity (Wildman–Crippen MR) is 87.1 cm³/mol. The molecule has 3 aromatic rings. The molecule has 4 nitrogen and oxygen atoms in total. The van der Waals surface area contributed by atoms with Crippen molar-refractivity contribution < 1.29 is 0 Å². The van der Waals surface area contributed by atoms with Gasteiger partial charge in [-0.1, -0.05) is 49.2 Å². The van der Waals surface area contributed by atoms with E-state index in [1.165, 1.54) is 5.69 Å². The van der Waals surface area contributed by atoms with Crippen molar-refractivity contribution in [1.82, 2.24) is 19.8 Å². The molecule has 0 saturated carbocycles. The highest BCUT2D eigenvalue weighted by Crippen LogP contribution is 2.19. The lowest BCUT2D eigenvalue weighted by atomic mass is 10.1. The van der Waals surface area contributed by atoms with Gasteiger partial charge >= 0.3 is 0 Å². The maximum atomic E-state index is 5.58. The lowest BCUT2D eigenvalue weighted by Crippen LogP contribution is -1.96. The van der Waals surface area contributed by atoms with Gasteiger partial charge in [-0.3, -0.25) is 5.10 Å². The van der Waals surface area contributed by atoms with Crippen molar-refractivity contribution in [3.05, 3.63) is 51.9 Å². The molecule has 1 N–H and O–H groups in total. The Kier molecular flexibility index (Phi) is 5.26. The summed E-state index contributed by atoms with van der Waals surface area (Å²) < 4.78 is 1.91. The van der Waals surface area contributed by atoms with Crippen molar-refractivity contribution in [2.45, 2.75) is 27.2 Å². The Labute approximate surface area is 134 Å². The summed E-state index contributed by atoms with van der Waals surface area (Å²) in [6.07, 6.45) is 1.06. The second kappa shape index (κ2) is 6.96. The van der Waals surface area contributed by atoms with E-state index in [9.17, 15) is 0 Å². The van der Waals surface area contributed by atoms with E-state index >= 15 is 0 Å². The highest BCUT2D eigenvalue weighted by atomic mass is 35.5. The Hall–Kier alpha value is -1.52. The molecule has 0 aliphatic rings. The molecule has 0 atom stereocenters. The number of aromatic nitrogens is 4. The standard InChI is InChI=1S/C9H14N4.C6H4Cl2/c1-6(2)4-8-5-9-11-10-7(3)13(9)12-8;7-5-3-1-2-4-6(5)8/h5-6,12H,4H2,1-3H3;1-4H. The maximum Gasteiger partial charge on any atom is 0.177 e. The average Bonchev–Trinajstić information content (AvgIpc) is 2.96. The number of aryl methyl sites for hydroxylation is 1. The van der Waals surface area contributed by atoms with Crippen LogP contribution in [0.5, 0.6) is 0 Å². The highest BCUT2D eigenvalue weighted by Gasteiger charge is 2.06. The summed E-state index contributed by atoms with van der Waals surface area (Å²) >= 11 is 11.2. The summed E-state index contributed by atoms with van der Waals surface area (Å²) in [5.41, 5.74) is 2.14. The van der Waals surface area contributed by atoms with Gasteiger partial charge in [0.05, 0.1) is 10.0 Å². The first-order chi connectivity index (χ1) is 9.97. The number of benzene rings is 1. The van der Waals surface area contributed by atoms with E-state index in [0.29, 0.717) is 16.0 Å². The molecule has 0 amide bonds. The van der Waals surface area contributed by atoms with Gasteiger partial charge in [-0.25, -0.2) is 4.52 Å². The van der Waals surface area contributed by atoms with Crippen LogP contribution in [0.1, 0.15) is 25.4 Å². The molecule has 3 rings (SSSR count). The Bertz CT molecular complexity index is 694. The van der Waals surface area contributed by atoms with Crippen molar-refractivity contribution >= 4 is 28.8 Å². The van der Waals surface area contributed by atoms with Crippen LogP contribution in [-0.4, -0.2) is 19.8 Å². The molecular weight excluding hydrogens is 307 g/mol.